The summed E-state index contributed by atoms with van der Waals surface area (Å²) in [6.45, 7) is 0. The molecule has 1 fully saturated rings. The Balaban J connectivity index is 1.70. The molecule has 0 aliphatic heterocycles. The molecule has 5 nitrogen and oxygen atoms in total. The van der Waals surface area contributed by atoms with E-state index in [0.29, 0.717) is 18.0 Å². The number of anilines is 1. The summed E-state index contributed by atoms with van der Waals surface area (Å²) in [6.07, 6.45) is 2.11. The summed E-state index contributed by atoms with van der Waals surface area (Å²) < 4.78 is 26.1. The molecule has 0 radical (unpaired) electrons. The summed E-state index contributed by atoms with van der Waals surface area (Å²) in [5.74, 6) is -0.474. The van der Waals surface area contributed by atoms with Crippen molar-refractivity contribution in [3.63, 3.8) is 0 Å². The monoisotopic (exact) mass is 386 g/mol. The van der Waals surface area contributed by atoms with E-state index in [-0.39, 0.29) is 4.90 Å². The fraction of sp³-hybridized carbons (Fsp3) is 0.263. The number of benzene rings is 2. The Labute approximate surface area is 156 Å². The Hall–Kier alpha value is -2.25. The molecule has 4 rings (SSSR count). The van der Waals surface area contributed by atoms with Crippen LogP contribution in [0, 0.1) is 0 Å². The summed E-state index contributed by atoms with van der Waals surface area (Å²) in [7, 11) is -3.78. The number of aromatic nitrogens is 1. The molecule has 1 aromatic heterocycles. The SMILES string of the molecule is O=C(Nc1nc2ccccc2s1)C1(S(=O)(=O)c2ccccc2)CCCC1. The number of nitrogens with zero attached hydrogens (tertiary/aromatic N) is 1. The maximum Gasteiger partial charge on any atom is 0.248 e. The van der Waals surface area contributed by atoms with E-state index in [0.717, 1.165) is 23.1 Å². The van der Waals surface area contributed by atoms with Gasteiger partial charge in [0.1, 0.15) is 0 Å². The summed E-state index contributed by atoms with van der Waals surface area (Å²) in [6, 6.07) is 15.8. The van der Waals surface area contributed by atoms with Crippen LogP contribution in [0.2, 0.25) is 0 Å². The second kappa shape index (κ2) is 6.48. The third kappa shape index (κ3) is 2.71. The highest BCUT2D eigenvalue weighted by molar-refractivity contribution is 7.93. The van der Waals surface area contributed by atoms with Crippen LogP contribution in [0.15, 0.2) is 59.5 Å². The van der Waals surface area contributed by atoms with Gasteiger partial charge in [0, 0.05) is 0 Å². The zero-order valence-electron chi connectivity index (χ0n) is 14.0. The minimum atomic E-state index is -3.78. The maximum atomic E-state index is 13.3. The lowest BCUT2D eigenvalue weighted by molar-refractivity contribution is -0.118. The van der Waals surface area contributed by atoms with Gasteiger partial charge in [-0.05, 0) is 37.1 Å². The van der Waals surface area contributed by atoms with Crippen LogP contribution in [0.5, 0.6) is 0 Å². The number of fused-ring (bicyclic) bond motifs is 1. The minimum Gasteiger partial charge on any atom is -0.301 e. The number of para-hydroxylation sites is 1. The highest BCUT2D eigenvalue weighted by Gasteiger charge is 2.53. The van der Waals surface area contributed by atoms with E-state index >= 15 is 0 Å². The number of thiazole rings is 1. The third-order valence-corrected chi connectivity index (χ3v) is 8.37. The zero-order valence-corrected chi connectivity index (χ0v) is 15.6. The first-order valence-electron chi connectivity index (χ1n) is 8.50. The third-order valence-electron chi connectivity index (χ3n) is 4.91. The average molecular weight is 386 g/mol. The Bertz CT molecular complexity index is 1020. The van der Waals surface area contributed by atoms with Gasteiger partial charge in [-0.15, -0.1) is 0 Å². The summed E-state index contributed by atoms with van der Waals surface area (Å²) >= 11 is 1.35. The van der Waals surface area contributed by atoms with E-state index in [1.54, 1.807) is 30.3 Å². The van der Waals surface area contributed by atoms with Crippen molar-refractivity contribution in [3.05, 3.63) is 54.6 Å². The molecule has 1 N–H and O–H groups in total. The highest BCUT2D eigenvalue weighted by Crippen LogP contribution is 2.41. The smallest absolute Gasteiger partial charge is 0.248 e. The van der Waals surface area contributed by atoms with E-state index < -0.39 is 20.5 Å². The molecule has 1 amide bonds. The number of hydrogen-bond acceptors (Lipinski definition) is 5. The largest absolute Gasteiger partial charge is 0.301 e. The molecular formula is C19H18N2O3S2. The van der Waals surface area contributed by atoms with Gasteiger partial charge in [0.2, 0.25) is 5.91 Å². The Morgan fingerprint density at radius 3 is 2.35 bits per heavy atom. The Morgan fingerprint density at radius 2 is 1.65 bits per heavy atom. The maximum absolute atomic E-state index is 13.3. The number of carbonyl (C=O) groups excluding carboxylic acids is 1. The topological polar surface area (TPSA) is 76.1 Å². The van der Waals surface area contributed by atoms with E-state index in [9.17, 15) is 13.2 Å². The molecule has 1 heterocycles. The van der Waals surface area contributed by atoms with Gasteiger partial charge in [0.15, 0.2) is 19.7 Å². The van der Waals surface area contributed by atoms with Crippen molar-refractivity contribution in [1.82, 2.24) is 4.98 Å². The molecule has 0 unspecified atom stereocenters. The first-order chi connectivity index (χ1) is 12.5. The van der Waals surface area contributed by atoms with Crippen molar-refractivity contribution in [3.8, 4) is 0 Å². The molecule has 1 aliphatic carbocycles. The van der Waals surface area contributed by atoms with E-state index in [4.69, 9.17) is 0 Å². The van der Waals surface area contributed by atoms with Gasteiger partial charge in [0.25, 0.3) is 0 Å². The minimum absolute atomic E-state index is 0.196. The van der Waals surface area contributed by atoms with Crippen LogP contribution in [-0.2, 0) is 14.6 Å². The van der Waals surface area contributed by atoms with Crippen LogP contribution in [0.1, 0.15) is 25.7 Å². The molecule has 2 aromatic carbocycles. The normalized spacial score (nSPS) is 16.6. The van der Waals surface area contributed by atoms with Crippen LogP contribution in [0.25, 0.3) is 10.2 Å². The van der Waals surface area contributed by atoms with Crippen LogP contribution in [0.4, 0.5) is 5.13 Å². The van der Waals surface area contributed by atoms with Crippen molar-refractivity contribution in [2.45, 2.75) is 35.3 Å². The fourth-order valence-electron chi connectivity index (χ4n) is 3.53. The molecule has 0 bridgehead atoms. The first-order valence-corrected chi connectivity index (χ1v) is 10.8. The second-order valence-electron chi connectivity index (χ2n) is 6.46. The van der Waals surface area contributed by atoms with E-state index in [2.05, 4.69) is 10.3 Å². The number of hydrogen-bond donors (Lipinski definition) is 1. The second-order valence-corrected chi connectivity index (χ2v) is 9.75. The van der Waals surface area contributed by atoms with Crippen molar-refractivity contribution in [2.75, 3.05) is 5.32 Å². The highest BCUT2D eigenvalue weighted by atomic mass is 32.2. The molecule has 134 valence electrons. The summed E-state index contributed by atoms with van der Waals surface area (Å²) in [5, 5.41) is 3.22. The number of amides is 1. The number of carbonyl (C=O) groups is 1. The van der Waals surface area contributed by atoms with Crippen LogP contribution in [-0.4, -0.2) is 24.1 Å². The Kier molecular flexibility index (Phi) is 4.28. The predicted molar refractivity (Wildman–Crippen MR) is 103 cm³/mol. The van der Waals surface area contributed by atoms with Gasteiger partial charge in [-0.2, -0.15) is 0 Å². The predicted octanol–water partition coefficient (Wildman–Crippen LogP) is 4.02. The molecule has 0 atom stereocenters. The molecule has 0 saturated heterocycles. The molecular weight excluding hydrogens is 368 g/mol. The first kappa shape index (κ1) is 17.2. The number of rotatable bonds is 4. The molecule has 1 saturated carbocycles. The molecule has 3 aromatic rings. The average Bonchev–Trinajstić information content (AvgIpc) is 3.30. The Morgan fingerprint density at radius 1 is 1.00 bits per heavy atom. The standard InChI is InChI=1S/C19H18N2O3S2/c22-17(21-18-20-15-10-4-5-11-16(15)25-18)19(12-6-7-13-19)26(23,24)14-8-2-1-3-9-14/h1-5,8-11H,6-7,12-13H2,(H,20,21,22). The summed E-state index contributed by atoms with van der Waals surface area (Å²) in [4.78, 5) is 17.7. The fourth-order valence-corrected chi connectivity index (χ4v) is 6.47. The van der Waals surface area contributed by atoms with Gasteiger partial charge in [0.05, 0.1) is 15.1 Å². The van der Waals surface area contributed by atoms with Gasteiger partial charge >= 0.3 is 0 Å². The van der Waals surface area contributed by atoms with E-state index in [1.807, 2.05) is 24.3 Å². The van der Waals surface area contributed by atoms with Crippen LogP contribution in [0.3, 0.4) is 0 Å². The van der Waals surface area contributed by atoms with Crippen molar-refractivity contribution in [1.29, 1.82) is 0 Å². The van der Waals surface area contributed by atoms with Gasteiger partial charge in [-0.3, -0.25) is 4.79 Å². The van der Waals surface area contributed by atoms with Gasteiger partial charge < -0.3 is 5.32 Å². The number of sulfone groups is 1. The summed E-state index contributed by atoms with van der Waals surface area (Å²) in [5.41, 5.74) is 0.791. The lowest BCUT2D eigenvalue weighted by atomic mass is 10.1. The van der Waals surface area contributed by atoms with Crippen LogP contribution < -0.4 is 5.32 Å². The molecule has 26 heavy (non-hydrogen) atoms. The van der Waals surface area contributed by atoms with E-state index in [1.165, 1.54) is 11.3 Å². The lowest BCUT2D eigenvalue weighted by Crippen LogP contribution is -2.47. The number of nitrogens with one attached hydrogen (secondary N) is 1. The van der Waals surface area contributed by atoms with Gasteiger partial charge in [-0.25, -0.2) is 13.4 Å². The van der Waals surface area contributed by atoms with Crippen molar-refractivity contribution in [2.24, 2.45) is 0 Å². The van der Waals surface area contributed by atoms with Crippen molar-refractivity contribution < 1.29 is 13.2 Å². The van der Waals surface area contributed by atoms with Gasteiger partial charge in [-0.1, -0.05) is 54.5 Å². The molecule has 0 spiro atoms. The lowest BCUT2D eigenvalue weighted by Gasteiger charge is -2.27. The quantitative estimate of drug-likeness (QED) is 0.735. The zero-order chi connectivity index (χ0) is 18.2. The van der Waals surface area contributed by atoms with Crippen molar-refractivity contribution >= 4 is 42.4 Å². The van der Waals surface area contributed by atoms with Crippen LogP contribution >= 0.6 is 11.3 Å². The molecule has 7 heteroatoms. The molecule has 1 aliphatic rings.